The number of hydrogen-bond donors (Lipinski definition) is 1. The van der Waals surface area contributed by atoms with Gasteiger partial charge in [0.2, 0.25) is 10.0 Å². The average Bonchev–Trinajstić information content (AvgIpc) is 3.50. The molecule has 0 aliphatic carbocycles. The minimum atomic E-state index is -3.35. The SMILES string of the molecule is CCS(=O)(=O)Nc1ccc(C2=NN(C(=O)c3ccco3)[C@@H](c3ccc(OC)cc3)C2)cc1. The third kappa shape index (κ3) is 4.52. The van der Waals surface area contributed by atoms with Gasteiger partial charge in [-0.2, -0.15) is 5.10 Å². The lowest BCUT2D eigenvalue weighted by Gasteiger charge is -2.21. The molecule has 32 heavy (non-hydrogen) atoms. The minimum absolute atomic E-state index is 0.00511. The first-order valence-corrected chi connectivity index (χ1v) is 11.7. The van der Waals surface area contributed by atoms with Crippen LogP contribution in [0.25, 0.3) is 0 Å². The van der Waals surface area contributed by atoms with Crippen LogP contribution in [0.2, 0.25) is 0 Å². The molecule has 1 aromatic heterocycles. The predicted octanol–water partition coefficient (Wildman–Crippen LogP) is 4.04. The Hall–Kier alpha value is -3.59. The summed E-state index contributed by atoms with van der Waals surface area (Å²) in [4.78, 5) is 13.1. The van der Waals surface area contributed by atoms with Gasteiger partial charge in [0.15, 0.2) is 5.76 Å². The van der Waals surface area contributed by atoms with Gasteiger partial charge in [0.05, 0.1) is 30.9 Å². The Morgan fingerprint density at radius 1 is 1.16 bits per heavy atom. The van der Waals surface area contributed by atoms with Crippen LogP contribution in [0.5, 0.6) is 5.75 Å². The summed E-state index contributed by atoms with van der Waals surface area (Å²) < 4.78 is 36.6. The number of nitrogens with one attached hydrogen (secondary N) is 1. The monoisotopic (exact) mass is 453 g/mol. The highest BCUT2D eigenvalue weighted by atomic mass is 32.2. The van der Waals surface area contributed by atoms with Gasteiger partial charge in [0.25, 0.3) is 0 Å². The molecule has 2 aromatic carbocycles. The molecular weight excluding hydrogens is 430 g/mol. The summed E-state index contributed by atoms with van der Waals surface area (Å²) in [5.41, 5.74) is 2.91. The number of carbonyl (C=O) groups excluding carboxylic acids is 1. The molecule has 1 amide bonds. The van der Waals surface area contributed by atoms with Crippen LogP contribution in [0, 0.1) is 0 Å². The summed E-state index contributed by atoms with van der Waals surface area (Å²) in [7, 11) is -1.75. The Bertz CT molecular complexity index is 1220. The van der Waals surface area contributed by atoms with E-state index in [0.717, 1.165) is 22.6 Å². The maximum absolute atomic E-state index is 13.1. The van der Waals surface area contributed by atoms with Crippen molar-refractivity contribution in [3.63, 3.8) is 0 Å². The molecule has 0 unspecified atom stereocenters. The zero-order valence-corrected chi connectivity index (χ0v) is 18.5. The minimum Gasteiger partial charge on any atom is -0.497 e. The summed E-state index contributed by atoms with van der Waals surface area (Å²) >= 11 is 0. The molecule has 0 fully saturated rings. The Morgan fingerprint density at radius 2 is 1.88 bits per heavy atom. The first-order valence-electron chi connectivity index (χ1n) is 10.1. The van der Waals surface area contributed by atoms with Gasteiger partial charge in [-0.1, -0.05) is 24.3 Å². The molecule has 0 bridgehead atoms. The molecule has 1 atom stereocenters. The van der Waals surface area contributed by atoms with Gasteiger partial charge in [-0.05, 0) is 54.4 Å². The van der Waals surface area contributed by atoms with E-state index in [-0.39, 0.29) is 23.5 Å². The fourth-order valence-electron chi connectivity index (χ4n) is 3.45. The van der Waals surface area contributed by atoms with E-state index in [2.05, 4.69) is 9.82 Å². The van der Waals surface area contributed by atoms with Crippen molar-refractivity contribution < 1.29 is 22.4 Å². The standard InChI is InChI=1S/C23H23N3O5S/c1-3-32(28,29)25-18-10-6-16(7-11-18)20-15-21(17-8-12-19(30-2)13-9-17)26(24-20)23(27)22-5-4-14-31-22/h4-14,21,25H,3,15H2,1-2H3/t21-/m1/s1. The van der Waals surface area contributed by atoms with E-state index in [4.69, 9.17) is 9.15 Å². The van der Waals surface area contributed by atoms with Crippen molar-refractivity contribution in [1.29, 1.82) is 0 Å². The van der Waals surface area contributed by atoms with Gasteiger partial charge < -0.3 is 9.15 Å². The third-order valence-corrected chi connectivity index (χ3v) is 6.53. The van der Waals surface area contributed by atoms with Gasteiger partial charge >= 0.3 is 5.91 Å². The second-order valence-electron chi connectivity index (χ2n) is 7.25. The van der Waals surface area contributed by atoms with Crippen molar-refractivity contribution in [2.24, 2.45) is 5.10 Å². The Labute approximate surface area is 186 Å². The number of furan rings is 1. The first kappa shape index (κ1) is 21.6. The molecule has 1 aliphatic rings. The highest BCUT2D eigenvalue weighted by molar-refractivity contribution is 7.92. The van der Waals surface area contributed by atoms with Crippen LogP contribution in [0.15, 0.2) is 76.4 Å². The number of hydrogen-bond acceptors (Lipinski definition) is 6. The maximum Gasteiger partial charge on any atom is 0.310 e. The van der Waals surface area contributed by atoms with E-state index >= 15 is 0 Å². The number of nitrogens with zero attached hydrogens (tertiary/aromatic N) is 2. The van der Waals surface area contributed by atoms with E-state index in [1.54, 1.807) is 50.4 Å². The zero-order chi connectivity index (χ0) is 22.7. The molecule has 9 heteroatoms. The number of ether oxygens (including phenoxy) is 1. The van der Waals surface area contributed by atoms with Crippen LogP contribution in [-0.2, 0) is 10.0 Å². The quantitative estimate of drug-likeness (QED) is 0.582. The van der Waals surface area contributed by atoms with Crippen LogP contribution in [0.4, 0.5) is 5.69 Å². The number of benzene rings is 2. The van der Waals surface area contributed by atoms with Crippen molar-refractivity contribution in [1.82, 2.24) is 5.01 Å². The van der Waals surface area contributed by atoms with E-state index in [1.165, 1.54) is 11.3 Å². The molecule has 8 nitrogen and oxygen atoms in total. The zero-order valence-electron chi connectivity index (χ0n) is 17.7. The summed E-state index contributed by atoms with van der Waals surface area (Å²) in [5.74, 6) is 0.590. The predicted molar refractivity (Wildman–Crippen MR) is 121 cm³/mol. The van der Waals surface area contributed by atoms with Crippen molar-refractivity contribution in [2.45, 2.75) is 19.4 Å². The number of amides is 1. The smallest absolute Gasteiger partial charge is 0.310 e. The Balaban J connectivity index is 1.63. The molecule has 1 N–H and O–H groups in total. The summed E-state index contributed by atoms with van der Waals surface area (Å²) in [6.07, 6.45) is 1.95. The molecule has 3 aromatic rings. The van der Waals surface area contributed by atoms with E-state index in [0.29, 0.717) is 12.1 Å². The van der Waals surface area contributed by atoms with E-state index < -0.39 is 10.0 Å². The summed E-state index contributed by atoms with van der Waals surface area (Å²) in [5, 5.41) is 6.04. The lowest BCUT2D eigenvalue weighted by molar-refractivity contribution is 0.0678. The molecular formula is C23H23N3O5S. The number of sulfonamides is 1. The number of methoxy groups -OCH3 is 1. The number of anilines is 1. The second-order valence-corrected chi connectivity index (χ2v) is 9.26. The van der Waals surface area contributed by atoms with Crippen LogP contribution in [-0.4, -0.2) is 37.9 Å². The second kappa shape index (κ2) is 8.88. The Kier molecular flexibility index (Phi) is 6.00. The molecule has 1 aliphatic heterocycles. The van der Waals surface area contributed by atoms with Crippen LogP contribution in [0.1, 0.15) is 41.1 Å². The van der Waals surface area contributed by atoms with E-state index in [9.17, 15) is 13.2 Å². The lowest BCUT2D eigenvalue weighted by Crippen LogP contribution is -2.26. The van der Waals surface area contributed by atoms with Crippen molar-refractivity contribution in [2.75, 3.05) is 17.6 Å². The van der Waals surface area contributed by atoms with Crippen LogP contribution < -0.4 is 9.46 Å². The van der Waals surface area contributed by atoms with Crippen LogP contribution >= 0.6 is 0 Å². The Morgan fingerprint density at radius 3 is 2.47 bits per heavy atom. The highest BCUT2D eigenvalue weighted by Gasteiger charge is 2.34. The van der Waals surface area contributed by atoms with Crippen molar-refractivity contribution in [3.8, 4) is 5.75 Å². The third-order valence-electron chi connectivity index (χ3n) is 5.22. The van der Waals surface area contributed by atoms with Crippen molar-refractivity contribution >= 4 is 27.3 Å². The van der Waals surface area contributed by atoms with Gasteiger partial charge in [-0.3, -0.25) is 9.52 Å². The van der Waals surface area contributed by atoms with Crippen LogP contribution in [0.3, 0.4) is 0 Å². The normalized spacial score (nSPS) is 16.0. The molecule has 4 rings (SSSR count). The van der Waals surface area contributed by atoms with E-state index in [1.807, 2.05) is 24.3 Å². The topological polar surface area (TPSA) is 101 Å². The maximum atomic E-state index is 13.1. The fraction of sp³-hybridized carbons (Fsp3) is 0.217. The van der Waals surface area contributed by atoms with Crippen molar-refractivity contribution in [3.05, 3.63) is 83.8 Å². The number of rotatable bonds is 7. The molecule has 166 valence electrons. The van der Waals surface area contributed by atoms with Gasteiger partial charge in [-0.25, -0.2) is 13.4 Å². The number of hydrazone groups is 1. The molecule has 0 spiro atoms. The lowest BCUT2D eigenvalue weighted by atomic mass is 9.98. The molecule has 0 radical (unpaired) electrons. The number of carbonyl (C=O) groups is 1. The van der Waals surface area contributed by atoms with Gasteiger partial charge in [-0.15, -0.1) is 0 Å². The molecule has 0 saturated heterocycles. The average molecular weight is 454 g/mol. The first-order chi connectivity index (χ1) is 15.4. The molecule has 0 saturated carbocycles. The molecule has 2 heterocycles. The summed E-state index contributed by atoms with van der Waals surface area (Å²) in [6, 6.07) is 17.4. The highest BCUT2D eigenvalue weighted by Crippen LogP contribution is 2.35. The fourth-order valence-corrected chi connectivity index (χ4v) is 4.09. The van der Waals surface area contributed by atoms with Gasteiger partial charge in [0, 0.05) is 12.1 Å². The summed E-state index contributed by atoms with van der Waals surface area (Å²) in [6.45, 7) is 1.58. The van der Waals surface area contributed by atoms with Gasteiger partial charge in [0.1, 0.15) is 5.75 Å². The largest absolute Gasteiger partial charge is 0.497 e.